The Labute approximate surface area is 215 Å². The predicted octanol–water partition coefficient (Wildman–Crippen LogP) is 4.47. The number of nitrogens with one attached hydrogen (secondary N) is 1. The highest BCUT2D eigenvalue weighted by Crippen LogP contribution is 2.46. The molecule has 1 aromatic carbocycles. The lowest BCUT2D eigenvalue weighted by atomic mass is 9.84. The van der Waals surface area contributed by atoms with E-state index in [0.29, 0.717) is 42.5 Å². The molecule has 1 aliphatic carbocycles. The number of amides is 1. The molecule has 36 heavy (non-hydrogen) atoms. The van der Waals surface area contributed by atoms with Gasteiger partial charge in [0.1, 0.15) is 5.60 Å². The Morgan fingerprint density at radius 1 is 1.25 bits per heavy atom. The van der Waals surface area contributed by atoms with Crippen LogP contribution in [0.25, 0.3) is 11.6 Å². The number of pyridine rings is 1. The topological polar surface area (TPSA) is 94.6 Å². The molecule has 3 heterocycles. The smallest absolute Gasteiger partial charge is 0.410 e. The standard InChI is InChI=1S/C27H30ClN5O3/c1-17(2)36-26(34)33-11-9-32(10-12-33)25-20-7-6-19(28)14-21(20)22(13-18-5-4-8-30-24(18)25)27(3,35)23-15-29-16-31-23/h4-8,13-17,25,35H,9-12H2,1-3H3,(H,29,31)/t25-,27?/m0/s1. The van der Waals surface area contributed by atoms with Gasteiger partial charge in [0.05, 0.1) is 36.1 Å². The summed E-state index contributed by atoms with van der Waals surface area (Å²) in [6.45, 7) is 7.88. The van der Waals surface area contributed by atoms with Gasteiger partial charge < -0.3 is 19.7 Å². The Morgan fingerprint density at radius 2 is 2.03 bits per heavy atom. The molecule has 2 aliphatic rings. The van der Waals surface area contributed by atoms with Crippen LogP contribution in [-0.2, 0) is 10.3 Å². The van der Waals surface area contributed by atoms with Gasteiger partial charge in [-0.1, -0.05) is 23.7 Å². The van der Waals surface area contributed by atoms with Gasteiger partial charge in [0.2, 0.25) is 0 Å². The molecular weight excluding hydrogens is 478 g/mol. The van der Waals surface area contributed by atoms with E-state index in [-0.39, 0.29) is 18.2 Å². The number of hydrogen-bond acceptors (Lipinski definition) is 6. The van der Waals surface area contributed by atoms with E-state index in [1.54, 1.807) is 30.5 Å². The maximum Gasteiger partial charge on any atom is 0.410 e. The fraction of sp³-hybridized carbons (Fsp3) is 0.370. The van der Waals surface area contributed by atoms with Gasteiger partial charge in [0, 0.05) is 37.4 Å². The molecule has 0 bridgehead atoms. The number of piperazine rings is 1. The molecule has 0 radical (unpaired) electrons. The summed E-state index contributed by atoms with van der Waals surface area (Å²) in [7, 11) is 0. The number of carbonyl (C=O) groups excluding carboxylic acids is 1. The summed E-state index contributed by atoms with van der Waals surface area (Å²) in [6.07, 6.45) is 6.54. The number of fused-ring (bicyclic) bond motifs is 2. The molecule has 0 spiro atoms. The van der Waals surface area contributed by atoms with Gasteiger partial charge in [0.15, 0.2) is 0 Å². The number of carbonyl (C=O) groups is 1. The van der Waals surface area contributed by atoms with Gasteiger partial charge in [-0.05, 0) is 67.3 Å². The minimum absolute atomic E-state index is 0.155. The number of aliphatic hydroxyl groups is 1. The van der Waals surface area contributed by atoms with Crippen LogP contribution in [-0.4, -0.2) is 68.2 Å². The molecule has 2 atom stereocenters. The number of nitrogens with zero attached hydrogens (tertiary/aromatic N) is 4. The average Bonchev–Trinajstić information content (AvgIpc) is 3.36. The van der Waals surface area contributed by atoms with Crippen molar-refractivity contribution in [1.82, 2.24) is 24.8 Å². The van der Waals surface area contributed by atoms with Crippen molar-refractivity contribution in [2.45, 2.75) is 38.5 Å². The van der Waals surface area contributed by atoms with E-state index >= 15 is 0 Å². The van der Waals surface area contributed by atoms with Crippen molar-refractivity contribution in [2.24, 2.45) is 0 Å². The van der Waals surface area contributed by atoms with E-state index in [1.807, 2.05) is 50.3 Å². The van der Waals surface area contributed by atoms with Crippen molar-refractivity contribution in [3.8, 4) is 0 Å². The molecule has 0 saturated carbocycles. The second-order valence-electron chi connectivity index (χ2n) is 9.66. The van der Waals surface area contributed by atoms with Crippen LogP contribution >= 0.6 is 11.6 Å². The van der Waals surface area contributed by atoms with E-state index in [0.717, 1.165) is 22.4 Å². The molecule has 2 N–H and O–H groups in total. The molecule has 3 aromatic rings. The van der Waals surface area contributed by atoms with Crippen LogP contribution in [0.5, 0.6) is 0 Å². The number of aromatic amines is 1. The van der Waals surface area contributed by atoms with Gasteiger partial charge >= 0.3 is 6.09 Å². The summed E-state index contributed by atoms with van der Waals surface area (Å²) >= 11 is 6.49. The second kappa shape index (κ2) is 9.69. The fourth-order valence-electron chi connectivity index (χ4n) is 5.04. The zero-order valence-corrected chi connectivity index (χ0v) is 21.4. The number of imidazole rings is 1. The highest BCUT2D eigenvalue weighted by atomic mass is 35.5. The van der Waals surface area contributed by atoms with Crippen molar-refractivity contribution in [3.63, 3.8) is 0 Å². The second-order valence-corrected chi connectivity index (χ2v) is 10.1. The molecule has 9 heteroatoms. The quantitative estimate of drug-likeness (QED) is 0.541. The highest BCUT2D eigenvalue weighted by Gasteiger charge is 2.39. The third kappa shape index (κ3) is 4.52. The Kier molecular flexibility index (Phi) is 6.59. The van der Waals surface area contributed by atoms with Gasteiger partial charge in [-0.25, -0.2) is 9.78 Å². The van der Waals surface area contributed by atoms with E-state index in [4.69, 9.17) is 21.3 Å². The molecule has 2 aromatic heterocycles. The van der Waals surface area contributed by atoms with Crippen LogP contribution in [0.4, 0.5) is 4.79 Å². The summed E-state index contributed by atoms with van der Waals surface area (Å²) in [4.78, 5) is 28.5. The van der Waals surface area contributed by atoms with Crippen LogP contribution < -0.4 is 0 Å². The first-order valence-corrected chi connectivity index (χ1v) is 12.5. The largest absolute Gasteiger partial charge is 0.447 e. The lowest BCUT2D eigenvalue weighted by molar-refractivity contribution is 0.0512. The number of ether oxygens (including phenoxy) is 1. The van der Waals surface area contributed by atoms with Gasteiger partial charge in [-0.3, -0.25) is 9.88 Å². The third-order valence-electron chi connectivity index (χ3n) is 6.85. The zero-order valence-electron chi connectivity index (χ0n) is 20.6. The lowest BCUT2D eigenvalue weighted by Gasteiger charge is -2.39. The molecule has 8 nitrogen and oxygen atoms in total. The molecule has 1 unspecified atom stereocenters. The monoisotopic (exact) mass is 507 g/mol. The van der Waals surface area contributed by atoms with Gasteiger partial charge in [0.25, 0.3) is 0 Å². The Hall–Kier alpha value is -3.20. The van der Waals surface area contributed by atoms with Crippen molar-refractivity contribution in [1.29, 1.82) is 0 Å². The van der Waals surface area contributed by atoms with Crippen LogP contribution in [0.2, 0.25) is 5.02 Å². The molecule has 188 valence electrons. The van der Waals surface area contributed by atoms with Crippen molar-refractivity contribution in [3.05, 3.63) is 82.2 Å². The summed E-state index contributed by atoms with van der Waals surface area (Å²) < 4.78 is 5.40. The minimum atomic E-state index is -1.35. The lowest BCUT2D eigenvalue weighted by Crippen LogP contribution is -2.50. The SMILES string of the molecule is CC(C)OC(=O)N1CCN([C@H]2c3ccc(Cl)cc3C(C(C)(O)c3cnc[nH]3)=Cc3cccnc32)CC1. The normalized spacial score (nSPS) is 19.7. The van der Waals surface area contributed by atoms with Gasteiger partial charge in [-0.2, -0.15) is 0 Å². The molecular formula is C27H30ClN5O3. The minimum Gasteiger partial charge on any atom is -0.447 e. The van der Waals surface area contributed by atoms with Crippen molar-refractivity contribution in [2.75, 3.05) is 26.2 Å². The highest BCUT2D eigenvalue weighted by molar-refractivity contribution is 6.30. The molecule has 1 fully saturated rings. The van der Waals surface area contributed by atoms with Crippen molar-refractivity contribution < 1.29 is 14.6 Å². The first-order chi connectivity index (χ1) is 17.3. The predicted molar refractivity (Wildman–Crippen MR) is 138 cm³/mol. The maximum atomic E-state index is 12.5. The van der Waals surface area contributed by atoms with E-state index in [1.165, 1.54) is 0 Å². The zero-order chi connectivity index (χ0) is 25.4. The van der Waals surface area contributed by atoms with E-state index in [2.05, 4.69) is 14.9 Å². The van der Waals surface area contributed by atoms with Crippen LogP contribution in [0.1, 0.15) is 54.9 Å². The van der Waals surface area contributed by atoms with Crippen LogP contribution in [0, 0.1) is 0 Å². The average molecular weight is 508 g/mol. The summed E-state index contributed by atoms with van der Waals surface area (Å²) in [5.41, 5.74) is 3.62. The van der Waals surface area contributed by atoms with Crippen LogP contribution in [0.15, 0.2) is 49.1 Å². The number of benzene rings is 1. The van der Waals surface area contributed by atoms with Crippen molar-refractivity contribution >= 4 is 29.3 Å². The molecule has 1 aliphatic heterocycles. The number of H-pyrrole nitrogens is 1. The summed E-state index contributed by atoms with van der Waals surface area (Å²) in [5, 5.41) is 12.4. The first-order valence-electron chi connectivity index (χ1n) is 12.1. The van der Waals surface area contributed by atoms with E-state index < -0.39 is 5.60 Å². The van der Waals surface area contributed by atoms with Crippen LogP contribution in [0.3, 0.4) is 0 Å². The number of rotatable bonds is 4. The maximum absolute atomic E-state index is 12.5. The fourth-order valence-corrected chi connectivity index (χ4v) is 5.21. The Bertz CT molecular complexity index is 1280. The van der Waals surface area contributed by atoms with Gasteiger partial charge in [-0.15, -0.1) is 0 Å². The molecule has 1 saturated heterocycles. The summed E-state index contributed by atoms with van der Waals surface area (Å²) in [5.74, 6) is 0. The molecule has 1 amide bonds. The van der Waals surface area contributed by atoms with E-state index in [9.17, 15) is 9.90 Å². The molecule has 5 rings (SSSR count). The Morgan fingerprint density at radius 3 is 2.72 bits per heavy atom. The third-order valence-corrected chi connectivity index (χ3v) is 7.09. The number of hydrogen-bond donors (Lipinski definition) is 2. The first kappa shape index (κ1) is 24.5. The Balaban J connectivity index is 1.58. The summed E-state index contributed by atoms with van der Waals surface area (Å²) in [6, 6.07) is 9.54. The number of aromatic nitrogens is 3. The number of halogens is 1.